The summed E-state index contributed by atoms with van der Waals surface area (Å²) < 4.78 is 10.1. The third-order valence-corrected chi connectivity index (χ3v) is 7.12. The molecule has 0 amide bonds. The minimum absolute atomic E-state index is 0.249. The van der Waals surface area contributed by atoms with Crippen molar-refractivity contribution in [3.05, 3.63) is 179 Å². The molecule has 4 heteroatoms. The summed E-state index contributed by atoms with van der Waals surface area (Å²) in [4.78, 5) is 23.8. The fourth-order valence-corrected chi connectivity index (χ4v) is 3.85. The van der Waals surface area contributed by atoms with Crippen LogP contribution in [0.3, 0.4) is 0 Å². The molecule has 0 rings (SSSR count). The Bertz CT molecular complexity index is 1550. The minimum atomic E-state index is -0.717. The molecule has 0 fully saturated rings. The molecule has 0 aliphatic carbocycles. The molecule has 0 aromatic rings. The van der Waals surface area contributed by atoms with Crippen molar-refractivity contribution in [2.45, 2.75) is 75.7 Å². The van der Waals surface area contributed by atoms with Gasteiger partial charge in [0.15, 0.2) is 0 Å². The van der Waals surface area contributed by atoms with E-state index in [1.54, 1.807) is 26.0 Å². The van der Waals surface area contributed by atoms with Gasteiger partial charge in [0.1, 0.15) is 0 Å². The van der Waals surface area contributed by atoms with Gasteiger partial charge in [0, 0.05) is 5.57 Å². The maximum absolute atomic E-state index is 12.2. The van der Waals surface area contributed by atoms with E-state index in [0.29, 0.717) is 25.2 Å². The first kappa shape index (κ1) is 45.0. The monoisotopic (exact) mass is 676 g/mol. The fraction of sp³-hybridized carbons (Fsp3) is 0.304. The first-order valence-corrected chi connectivity index (χ1v) is 17.2. The lowest BCUT2D eigenvalue weighted by Crippen LogP contribution is -2.27. The average Bonchev–Trinajstić information content (AvgIpc) is 3.06. The highest BCUT2D eigenvalue weighted by Crippen LogP contribution is 2.25. The smallest absolute Gasteiger partial charge is 0.333 e. The Morgan fingerprint density at radius 1 is 0.520 bits per heavy atom. The summed E-state index contributed by atoms with van der Waals surface area (Å²) in [6.45, 7) is 24.1. The summed E-state index contributed by atoms with van der Waals surface area (Å²) in [7, 11) is 0. The van der Waals surface area contributed by atoms with E-state index >= 15 is 0 Å². The zero-order chi connectivity index (χ0) is 37.8. The van der Waals surface area contributed by atoms with Crippen molar-refractivity contribution in [2.75, 3.05) is 13.2 Å². The van der Waals surface area contributed by atoms with Crippen molar-refractivity contribution in [2.24, 2.45) is 5.41 Å². The van der Waals surface area contributed by atoms with E-state index in [4.69, 9.17) is 9.47 Å². The number of ether oxygens (including phenoxy) is 2. The number of rotatable bonds is 20. The highest BCUT2D eigenvalue weighted by Gasteiger charge is 2.29. The van der Waals surface area contributed by atoms with Crippen LogP contribution in [0.4, 0.5) is 0 Å². The standard InChI is InChI=1S/C46H60O4/c1-12-46(11,45(48)50-14-3)36-22-34-42(9)32-20-30-40(7)28-18-26-38(5)24-16-15-23-37(4)25-17-27-39(6)29-19-31-41(8)33-21-35-43(10)44(47)49-13-2/h12,15-35H,1,13-14,36H2,2-11H3. The summed E-state index contributed by atoms with van der Waals surface area (Å²) in [5, 5.41) is 0. The minimum Gasteiger partial charge on any atom is -0.465 e. The van der Waals surface area contributed by atoms with Crippen LogP contribution in [0, 0.1) is 5.41 Å². The summed E-state index contributed by atoms with van der Waals surface area (Å²) in [5.41, 5.74) is 6.61. The van der Waals surface area contributed by atoms with E-state index in [1.807, 2.05) is 94.5 Å². The van der Waals surface area contributed by atoms with Crippen molar-refractivity contribution in [1.82, 2.24) is 0 Å². The Kier molecular flexibility index (Phi) is 24.3. The summed E-state index contributed by atoms with van der Waals surface area (Å²) in [6.07, 6.45) is 44.7. The van der Waals surface area contributed by atoms with Crippen molar-refractivity contribution in [3.8, 4) is 0 Å². The van der Waals surface area contributed by atoms with Crippen LogP contribution in [0.15, 0.2) is 179 Å². The molecule has 0 saturated heterocycles. The Labute approximate surface area is 303 Å². The largest absolute Gasteiger partial charge is 0.465 e. The predicted octanol–water partition coefficient (Wildman–Crippen LogP) is 12.2. The molecule has 0 heterocycles. The highest BCUT2D eigenvalue weighted by molar-refractivity contribution is 5.88. The molecule has 0 aromatic carbocycles. The molecule has 0 saturated carbocycles. The molecule has 0 spiro atoms. The van der Waals surface area contributed by atoms with E-state index in [-0.39, 0.29) is 11.9 Å². The normalized spacial score (nSPS) is 16.3. The van der Waals surface area contributed by atoms with Crippen LogP contribution < -0.4 is 0 Å². The average molecular weight is 677 g/mol. The molecular weight excluding hydrogens is 617 g/mol. The summed E-state index contributed by atoms with van der Waals surface area (Å²) in [5.74, 6) is -0.539. The van der Waals surface area contributed by atoms with Gasteiger partial charge in [-0.25, -0.2) is 4.79 Å². The zero-order valence-electron chi connectivity index (χ0n) is 32.2. The van der Waals surface area contributed by atoms with Crippen LogP contribution in [-0.4, -0.2) is 25.2 Å². The molecule has 0 aliphatic rings. The summed E-state index contributed by atoms with van der Waals surface area (Å²) >= 11 is 0. The SMILES string of the molecule is C=CC(C)(CC=CC(C)=CC=CC(C)=CC=CC(C)=CC=CC=C(C)C=CC=C(C)C=CC=C(C)C=CC=C(C)C(=O)OCC)C(=O)OCC. The predicted molar refractivity (Wildman–Crippen MR) is 216 cm³/mol. The molecule has 0 aliphatic heterocycles. The van der Waals surface area contributed by atoms with Gasteiger partial charge in [0.25, 0.3) is 0 Å². The van der Waals surface area contributed by atoms with Gasteiger partial charge in [-0.1, -0.05) is 167 Å². The Balaban J connectivity index is 4.93. The van der Waals surface area contributed by atoms with E-state index < -0.39 is 5.41 Å². The molecule has 0 bridgehead atoms. The van der Waals surface area contributed by atoms with Crippen molar-refractivity contribution < 1.29 is 19.1 Å². The molecular formula is C46H60O4. The quantitative estimate of drug-likeness (QED) is 0.0557. The Hall–Kier alpha value is -4.96. The molecule has 1 atom stereocenters. The number of carbonyl (C=O) groups excluding carboxylic acids is 2. The second-order valence-electron chi connectivity index (χ2n) is 12.2. The first-order chi connectivity index (χ1) is 23.8. The first-order valence-electron chi connectivity index (χ1n) is 17.2. The lowest BCUT2D eigenvalue weighted by atomic mass is 9.87. The van der Waals surface area contributed by atoms with Crippen LogP contribution in [0.25, 0.3) is 0 Å². The molecule has 0 N–H and O–H groups in total. The third kappa shape index (κ3) is 22.6. The van der Waals surface area contributed by atoms with E-state index in [2.05, 4.69) is 89.0 Å². The van der Waals surface area contributed by atoms with Gasteiger partial charge in [-0.15, -0.1) is 6.58 Å². The van der Waals surface area contributed by atoms with Crippen molar-refractivity contribution >= 4 is 11.9 Å². The lowest BCUT2D eigenvalue weighted by Gasteiger charge is -2.21. The topological polar surface area (TPSA) is 52.6 Å². The van der Waals surface area contributed by atoms with Crippen LogP contribution in [0.2, 0.25) is 0 Å². The number of carbonyl (C=O) groups is 2. The third-order valence-electron chi connectivity index (χ3n) is 7.12. The van der Waals surface area contributed by atoms with E-state index in [9.17, 15) is 9.59 Å². The maximum atomic E-state index is 12.2. The van der Waals surface area contributed by atoms with Gasteiger partial charge >= 0.3 is 11.9 Å². The number of esters is 2. The van der Waals surface area contributed by atoms with E-state index in [0.717, 1.165) is 33.4 Å². The molecule has 4 nitrogen and oxygen atoms in total. The lowest BCUT2D eigenvalue weighted by molar-refractivity contribution is -0.151. The van der Waals surface area contributed by atoms with Gasteiger partial charge in [-0.2, -0.15) is 0 Å². The van der Waals surface area contributed by atoms with Crippen LogP contribution in [0.1, 0.15) is 75.7 Å². The molecule has 268 valence electrons. The van der Waals surface area contributed by atoms with Gasteiger partial charge in [-0.05, 0) is 75.7 Å². The van der Waals surface area contributed by atoms with E-state index in [1.165, 1.54) is 0 Å². The molecule has 0 radical (unpaired) electrons. The van der Waals surface area contributed by atoms with Gasteiger partial charge in [-0.3, -0.25) is 4.79 Å². The molecule has 50 heavy (non-hydrogen) atoms. The fourth-order valence-electron chi connectivity index (χ4n) is 3.85. The zero-order valence-corrected chi connectivity index (χ0v) is 32.2. The number of allylic oxidation sites excluding steroid dienone is 27. The van der Waals surface area contributed by atoms with Crippen molar-refractivity contribution in [3.63, 3.8) is 0 Å². The number of hydrogen-bond donors (Lipinski definition) is 0. The number of hydrogen-bond acceptors (Lipinski definition) is 4. The summed E-state index contributed by atoms with van der Waals surface area (Å²) in [6, 6.07) is 0. The maximum Gasteiger partial charge on any atom is 0.333 e. The van der Waals surface area contributed by atoms with Crippen LogP contribution in [0.5, 0.6) is 0 Å². The van der Waals surface area contributed by atoms with Crippen molar-refractivity contribution in [1.29, 1.82) is 0 Å². The molecule has 1 unspecified atom stereocenters. The van der Waals surface area contributed by atoms with Crippen LogP contribution >= 0.6 is 0 Å². The highest BCUT2D eigenvalue weighted by atomic mass is 16.5. The van der Waals surface area contributed by atoms with Crippen LogP contribution in [-0.2, 0) is 19.1 Å². The molecule has 0 aromatic heterocycles. The Morgan fingerprint density at radius 3 is 1.22 bits per heavy atom. The second kappa shape index (κ2) is 26.9. The Morgan fingerprint density at radius 2 is 0.860 bits per heavy atom. The van der Waals surface area contributed by atoms with Gasteiger partial charge < -0.3 is 9.47 Å². The van der Waals surface area contributed by atoms with Gasteiger partial charge in [0.2, 0.25) is 0 Å². The second-order valence-corrected chi connectivity index (χ2v) is 12.2. The van der Waals surface area contributed by atoms with Gasteiger partial charge in [0.05, 0.1) is 18.6 Å².